The van der Waals surface area contributed by atoms with Crippen molar-refractivity contribution in [1.82, 2.24) is 10.3 Å². The normalized spacial score (nSPS) is 11.4. The molecule has 0 spiro atoms. The smallest absolute Gasteiger partial charge is 0.258 e. The summed E-state index contributed by atoms with van der Waals surface area (Å²) < 4.78 is 12.7. The van der Waals surface area contributed by atoms with Crippen molar-refractivity contribution in [3.8, 4) is 22.1 Å². The number of anilines is 1. The third-order valence-electron chi connectivity index (χ3n) is 5.44. The highest BCUT2D eigenvalue weighted by atomic mass is 35.5. The summed E-state index contributed by atoms with van der Waals surface area (Å²) in [5.41, 5.74) is 4.84. The van der Waals surface area contributed by atoms with Crippen molar-refractivity contribution in [1.29, 1.82) is 0 Å². The number of rotatable bonds is 9. The monoisotopic (exact) mass is 537 g/mol. The Hall–Kier alpha value is -3.29. The number of carbonyl (C=O) groups is 1. The number of aryl methyl sites for hydroxylation is 1. The summed E-state index contributed by atoms with van der Waals surface area (Å²) in [6.07, 6.45) is 0. The van der Waals surface area contributed by atoms with E-state index in [4.69, 9.17) is 26.1 Å². The Balaban J connectivity index is 1.42. The first-order chi connectivity index (χ1) is 17.6. The molecule has 1 heterocycles. The molecule has 8 heteroatoms. The van der Waals surface area contributed by atoms with Gasteiger partial charge in [-0.05, 0) is 88.2 Å². The zero-order chi connectivity index (χ0) is 26.6. The van der Waals surface area contributed by atoms with E-state index in [2.05, 4.69) is 47.9 Å². The molecule has 0 aliphatic carbocycles. The van der Waals surface area contributed by atoms with Crippen LogP contribution in [0.15, 0.2) is 54.6 Å². The molecule has 6 nitrogen and oxygen atoms in total. The van der Waals surface area contributed by atoms with Crippen LogP contribution in [0.2, 0.25) is 5.02 Å². The Bertz CT molecular complexity index is 1390. The Labute approximate surface area is 227 Å². The molecule has 2 N–H and O–H groups in total. The van der Waals surface area contributed by atoms with E-state index in [0.29, 0.717) is 29.7 Å². The summed E-state index contributed by atoms with van der Waals surface area (Å²) in [7, 11) is 0. The molecule has 0 bridgehead atoms. The van der Waals surface area contributed by atoms with Crippen LogP contribution in [0.4, 0.5) is 5.69 Å². The quantitative estimate of drug-likeness (QED) is 0.235. The van der Waals surface area contributed by atoms with Gasteiger partial charge in [0.05, 0.1) is 16.8 Å². The van der Waals surface area contributed by atoms with Crippen molar-refractivity contribution in [2.75, 3.05) is 18.5 Å². The summed E-state index contributed by atoms with van der Waals surface area (Å²) in [5, 5.41) is 7.83. The van der Waals surface area contributed by atoms with Gasteiger partial charge in [-0.1, -0.05) is 17.7 Å². The maximum absolute atomic E-state index is 12.2. The molecule has 0 radical (unpaired) electrons. The van der Waals surface area contributed by atoms with Gasteiger partial charge in [-0.3, -0.25) is 4.79 Å². The van der Waals surface area contributed by atoms with Crippen molar-refractivity contribution >= 4 is 44.7 Å². The van der Waals surface area contributed by atoms with E-state index in [0.717, 1.165) is 27.3 Å². The SMILES string of the molecule is CCOc1cc(CNc2ccc(-c3nc4ccc(C)cc4s3)cc2)c(Cl)cc1OCC(=O)NC(C)(C)C. The number of thiazole rings is 1. The van der Waals surface area contributed by atoms with Crippen LogP contribution in [0.3, 0.4) is 0 Å². The van der Waals surface area contributed by atoms with Crippen LogP contribution in [0.1, 0.15) is 38.8 Å². The van der Waals surface area contributed by atoms with Crippen LogP contribution in [-0.2, 0) is 11.3 Å². The lowest BCUT2D eigenvalue weighted by Crippen LogP contribution is -2.43. The molecule has 37 heavy (non-hydrogen) atoms. The van der Waals surface area contributed by atoms with Crippen LogP contribution in [-0.4, -0.2) is 29.6 Å². The fraction of sp³-hybridized carbons (Fsp3) is 0.310. The second kappa shape index (κ2) is 11.4. The standard InChI is InChI=1S/C29H32ClN3O3S/c1-6-35-24-14-20(22(30)15-25(24)36-17-27(34)33-29(3,4)5)16-31-21-10-8-19(9-11-21)28-32-23-12-7-18(2)13-26(23)37-28/h7-15,31H,6,16-17H2,1-5H3,(H,33,34). The lowest BCUT2D eigenvalue weighted by atomic mass is 10.1. The minimum atomic E-state index is -0.331. The van der Waals surface area contributed by atoms with E-state index >= 15 is 0 Å². The first-order valence-electron chi connectivity index (χ1n) is 12.2. The first-order valence-corrected chi connectivity index (χ1v) is 13.4. The second-order valence-corrected chi connectivity index (χ2v) is 11.3. The summed E-state index contributed by atoms with van der Waals surface area (Å²) >= 11 is 8.26. The molecule has 0 unspecified atom stereocenters. The van der Waals surface area contributed by atoms with Gasteiger partial charge in [0.2, 0.25) is 0 Å². The zero-order valence-corrected chi connectivity index (χ0v) is 23.3. The molecule has 0 aliphatic heterocycles. The average molecular weight is 538 g/mol. The van der Waals surface area contributed by atoms with Crippen molar-refractivity contribution in [2.45, 2.75) is 46.7 Å². The highest BCUT2D eigenvalue weighted by Crippen LogP contribution is 2.35. The number of aromatic nitrogens is 1. The van der Waals surface area contributed by atoms with Gasteiger partial charge in [-0.15, -0.1) is 11.3 Å². The number of carbonyl (C=O) groups excluding carboxylic acids is 1. The van der Waals surface area contributed by atoms with E-state index in [1.165, 1.54) is 10.3 Å². The first kappa shape index (κ1) is 26.8. The maximum Gasteiger partial charge on any atom is 0.258 e. The van der Waals surface area contributed by atoms with Gasteiger partial charge in [0.25, 0.3) is 5.91 Å². The molecule has 4 rings (SSSR count). The number of nitrogens with one attached hydrogen (secondary N) is 2. The molecule has 194 valence electrons. The fourth-order valence-corrected chi connectivity index (χ4v) is 5.06. The number of amides is 1. The Morgan fingerprint density at radius 3 is 2.46 bits per heavy atom. The molecule has 0 atom stereocenters. The molecular weight excluding hydrogens is 506 g/mol. The number of nitrogens with zero attached hydrogens (tertiary/aromatic N) is 1. The molecule has 0 saturated heterocycles. The summed E-state index contributed by atoms with van der Waals surface area (Å²) in [6.45, 7) is 10.6. The second-order valence-electron chi connectivity index (χ2n) is 9.83. The third-order valence-corrected chi connectivity index (χ3v) is 6.86. The number of hydrogen-bond acceptors (Lipinski definition) is 6. The Kier molecular flexibility index (Phi) is 8.25. The highest BCUT2D eigenvalue weighted by molar-refractivity contribution is 7.21. The fourth-order valence-electron chi connectivity index (χ4n) is 3.77. The van der Waals surface area contributed by atoms with Crippen LogP contribution >= 0.6 is 22.9 Å². The predicted octanol–water partition coefficient (Wildman–Crippen LogP) is 7.23. The van der Waals surface area contributed by atoms with Crippen molar-refractivity contribution in [2.24, 2.45) is 0 Å². The molecule has 3 aromatic carbocycles. The highest BCUT2D eigenvalue weighted by Gasteiger charge is 2.17. The summed E-state index contributed by atoms with van der Waals surface area (Å²) in [4.78, 5) is 16.9. The minimum absolute atomic E-state index is 0.119. The molecule has 0 aliphatic rings. The molecule has 1 amide bonds. The number of hydrogen-bond donors (Lipinski definition) is 2. The number of benzene rings is 3. The van der Waals surface area contributed by atoms with E-state index < -0.39 is 0 Å². The number of ether oxygens (including phenoxy) is 2. The van der Waals surface area contributed by atoms with E-state index in [-0.39, 0.29) is 18.1 Å². The van der Waals surface area contributed by atoms with Crippen LogP contribution in [0.25, 0.3) is 20.8 Å². The number of halogens is 1. The molecule has 0 saturated carbocycles. The summed E-state index contributed by atoms with van der Waals surface area (Å²) in [5.74, 6) is 0.782. The van der Waals surface area contributed by atoms with Gasteiger partial charge in [0.15, 0.2) is 18.1 Å². The van der Waals surface area contributed by atoms with Gasteiger partial charge < -0.3 is 20.1 Å². The van der Waals surface area contributed by atoms with Crippen molar-refractivity contribution < 1.29 is 14.3 Å². The van der Waals surface area contributed by atoms with E-state index in [1.807, 2.05) is 45.9 Å². The lowest BCUT2D eigenvalue weighted by Gasteiger charge is -2.21. The van der Waals surface area contributed by atoms with Crippen molar-refractivity contribution in [3.63, 3.8) is 0 Å². The Morgan fingerprint density at radius 1 is 1.03 bits per heavy atom. The molecule has 1 aromatic heterocycles. The molecule has 0 fully saturated rings. The van der Waals surface area contributed by atoms with Gasteiger partial charge >= 0.3 is 0 Å². The Morgan fingerprint density at radius 2 is 1.76 bits per heavy atom. The minimum Gasteiger partial charge on any atom is -0.490 e. The lowest BCUT2D eigenvalue weighted by molar-refractivity contribution is -0.124. The zero-order valence-electron chi connectivity index (χ0n) is 21.8. The number of fused-ring (bicyclic) bond motifs is 1. The van der Waals surface area contributed by atoms with E-state index in [9.17, 15) is 4.79 Å². The van der Waals surface area contributed by atoms with Crippen LogP contribution in [0.5, 0.6) is 11.5 Å². The van der Waals surface area contributed by atoms with Crippen LogP contribution < -0.4 is 20.1 Å². The molecule has 4 aromatic rings. The predicted molar refractivity (Wildman–Crippen MR) is 153 cm³/mol. The van der Waals surface area contributed by atoms with Gasteiger partial charge in [-0.25, -0.2) is 4.98 Å². The average Bonchev–Trinajstić information content (AvgIpc) is 3.25. The van der Waals surface area contributed by atoms with Crippen LogP contribution in [0, 0.1) is 6.92 Å². The van der Waals surface area contributed by atoms with Gasteiger partial charge in [0, 0.05) is 34.4 Å². The van der Waals surface area contributed by atoms with E-state index in [1.54, 1.807) is 17.4 Å². The molecular formula is C29H32ClN3O3S. The largest absolute Gasteiger partial charge is 0.490 e. The van der Waals surface area contributed by atoms with Crippen molar-refractivity contribution in [3.05, 3.63) is 70.7 Å². The maximum atomic E-state index is 12.2. The topological polar surface area (TPSA) is 72.5 Å². The van der Waals surface area contributed by atoms with Gasteiger partial charge in [-0.2, -0.15) is 0 Å². The summed E-state index contributed by atoms with van der Waals surface area (Å²) in [6, 6.07) is 18.1. The van der Waals surface area contributed by atoms with Gasteiger partial charge in [0.1, 0.15) is 5.01 Å². The third kappa shape index (κ3) is 7.14.